The Labute approximate surface area is 175 Å². The number of hydrogen-bond donors (Lipinski definition) is 1. The maximum atomic E-state index is 14.1. The van der Waals surface area contributed by atoms with Crippen LogP contribution >= 0.6 is 11.3 Å². The second-order valence-corrected chi connectivity index (χ2v) is 8.26. The minimum absolute atomic E-state index is 0.0981. The van der Waals surface area contributed by atoms with Crippen LogP contribution in [0.15, 0.2) is 21.7 Å². The van der Waals surface area contributed by atoms with E-state index in [0.717, 1.165) is 30.6 Å². The number of amides is 2. The minimum atomic E-state index is -4.73. The molecule has 30 heavy (non-hydrogen) atoms. The molecule has 11 nitrogen and oxygen atoms in total. The van der Waals surface area contributed by atoms with Gasteiger partial charge in [-0.3, -0.25) is 4.79 Å². The SMILES string of the molecule is COc1cc(OC)nc(N(C(N)=O)S(=O)(=O)c2cscc2C(OC(C)=O)C(C)F)n1. The van der Waals surface area contributed by atoms with Crippen molar-refractivity contribution >= 4 is 39.3 Å². The van der Waals surface area contributed by atoms with Crippen molar-refractivity contribution in [2.75, 3.05) is 18.5 Å². The zero-order valence-corrected chi connectivity index (χ0v) is 18.0. The summed E-state index contributed by atoms with van der Waals surface area (Å²) in [6.07, 6.45) is -3.26. The summed E-state index contributed by atoms with van der Waals surface area (Å²) in [4.78, 5) is 30.6. The topological polar surface area (TPSA) is 151 Å². The molecule has 2 unspecified atom stereocenters. The molecule has 0 radical (unpaired) electrons. The summed E-state index contributed by atoms with van der Waals surface area (Å²) < 4.78 is 55.6. The minimum Gasteiger partial charge on any atom is -0.481 e. The first-order valence-electron chi connectivity index (χ1n) is 8.22. The molecule has 2 aromatic rings. The highest BCUT2D eigenvalue weighted by atomic mass is 32.2. The maximum absolute atomic E-state index is 14.1. The number of hydrogen-bond acceptors (Lipinski definition) is 10. The van der Waals surface area contributed by atoms with Gasteiger partial charge in [0.15, 0.2) is 6.10 Å². The van der Waals surface area contributed by atoms with E-state index in [9.17, 15) is 22.4 Å². The summed E-state index contributed by atoms with van der Waals surface area (Å²) in [6.45, 7) is 2.16. The molecule has 0 aromatic carbocycles. The maximum Gasteiger partial charge on any atom is 0.336 e. The number of aromatic nitrogens is 2. The van der Waals surface area contributed by atoms with Crippen LogP contribution in [0.25, 0.3) is 0 Å². The lowest BCUT2D eigenvalue weighted by Gasteiger charge is -2.22. The number of alkyl halides is 1. The van der Waals surface area contributed by atoms with Crippen molar-refractivity contribution < 1.29 is 36.6 Å². The molecule has 14 heteroatoms. The van der Waals surface area contributed by atoms with Gasteiger partial charge < -0.3 is 19.9 Å². The van der Waals surface area contributed by atoms with Gasteiger partial charge in [-0.25, -0.2) is 17.6 Å². The monoisotopic (exact) mass is 462 g/mol. The van der Waals surface area contributed by atoms with E-state index in [2.05, 4.69) is 9.97 Å². The third-order valence-corrected chi connectivity index (χ3v) is 6.30. The van der Waals surface area contributed by atoms with Crippen LogP contribution < -0.4 is 19.5 Å². The van der Waals surface area contributed by atoms with Gasteiger partial charge in [0.25, 0.3) is 16.0 Å². The van der Waals surface area contributed by atoms with Gasteiger partial charge in [-0.15, -0.1) is 4.31 Å². The number of sulfonamides is 1. The molecule has 2 rings (SSSR count). The predicted molar refractivity (Wildman–Crippen MR) is 104 cm³/mol. The number of halogens is 1. The summed E-state index contributed by atoms with van der Waals surface area (Å²) in [5.41, 5.74) is 5.14. The van der Waals surface area contributed by atoms with Crippen LogP contribution in [0.4, 0.5) is 15.1 Å². The number of nitrogens with two attached hydrogens (primary N) is 1. The summed E-state index contributed by atoms with van der Waals surface area (Å²) in [5.74, 6) is -1.65. The van der Waals surface area contributed by atoms with Crippen molar-refractivity contribution in [2.45, 2.75) is 31.0 Å². The number of methoxy groups -OCH3 is 2. The average Bonchev–Trinajstić information content (AvgIpc) is 3.15. The molecule has 0 saturated carbocycles. The van der Waals surface area contributed by atoms with Gasteiger partial charge in [-0.05, 0) is 12.3 Å². The largest absolute Gasteiger partial charge is 0.481 e. The van der Waals surface area contributed by atoms with Crippen LogP contribution in [0.2, 0.25) is 0 Å². The fourth-order valence-corrected chi connectivity index (χ4v) is 5.08. The van der Waals surface area contributed by atoms with Gasteiger partial charge >= 0.3 is 12.0 Å². The lowest BCUT2D eigenvalue weighted by molar-refractivity contribution is -0.150. The van der Waals surface area contributed by atoms with Crippen LogP contribution in [0.5, 0.6) is 11.8 Å². The molecular formula is C16H19FN4O7S2. The number of urea groups is 1. The fourth-order valence-electron chi connectivity index (χ4n) is 2.41. The molecule has 0 aliphatic heterocycles. The smallest absolute Gasteiger partial charge is 0.336 e. The number of esters is 1. The van der Waals surface area contributed by atoms with Gasteiger partial charge in [0, 0.05) is 17.9 Å². The molecule has 2 atom stereocenters. The fraction of sp³-hybridized carbons (Fsp3) is 0.375. The Morgan fingerprint density at radius 2 is 1.77 bits per heavy atom. The molecule has 164 valence electrons. The predicted octanol–water partition coefficient (Wildman–Crippen LogP) is 1.79. The van der Waals surface area contributed by atoms with Crippen molar-refractivity contribution in [2.24, 2.45) is 5.73 Å². The molecule has 0 aliphatic carbocycles. The molecule has 0 spiro atoms. The number of primary amides is 1. The Morgan fingerprint density at radius 1 is 1.20 bits per heavy atom. The van der Waals surface area contributed by atoms with Crippen LogP contribution in [-0.2, 0) is 19.6 Å². The number of ether oxygens (including phenoxy) is 3. The molecule has 2 heterocycles. The number of nitrogens with zero attached hydrogens (tertiary/aromatic N) is 3. The van der Waals surface area contributed by atoms with Gasteiger partial charge in [0.05, 0.1) is 20.3 Å². The number of rotatable bonds is 8. The lowest BCUT2D eigenvalue weighted by Crippen LogP contribution is -2.42. The zero-order valence-electron chi connectivity index (χ0n) is 16.4. The molecule has 0 saturated heterocycles. The number of carbonyl (C=O) groups is 2. The molecular weight excluding hydrogens is 443 g/mol. The van der Waals surface area contributed by atoms with Crippen LogP contribution in [0, 0.1) is 0 Å². The zero-order chi connectivity index (χ0) is 22.6. The second kappa shape index (κ2) is 9.21. The van der Waals surface area contributed by atoms with Crippen molar-refractivity contribution in [1.29, 1.82) is 0 Å². The van der Waals surface area contributed by atoms with Crippen LogP contribution in [0.3, 0.4) is 0 Å². The molecule has 0 aliphatic rings. The molecule has 2 aromatic heterocycles. The number of thiophene rings is 1. The van der Waals surface area contributed by atoms with E-state index in [-0.39, 0.29) is 21.6 Å². The molecule has 2 amide bonds. The van der Waals surface area contributed by atoms with Gasteiger partial charge in [-0.1, -0.05) is 0 Å². The van der Waals surface area contributed by atoms with E-state index < -0.39 is 45.1 Å². The Bertz CT molecular complexity index is 1020. The van der Waals surface area contributed by atoms with E-state index in [0.29, 0.717) is 0 Å². The van der Waals surface area contributed by atoms with Crippen LogP contribution in [0.1, 0.15) is 25.5 Å². The van der Waals surface area contributed by atoms with Crippen molar-refractivity contribution in [3.63, 3.8) is 0 Å². The summed E-state index contributed by atoms with van der Waals surface area (Å²) in [5, 5.41) is 2.44. The number of anilines is 1. The first-order chi connectivity index (χ1) is 14.0. The first kappa shape index (κ1) is 23.3. The van der Waals surface area contributed by atoms with E-state index in [1.54, 1.807) is 0 Å². The van der Waals surface area contributed by atoms with E-state index >= 15 is 0 Å². The van der Waals surface area contributed by atoms with Crippen molar-refractivity contribution in [3.05, 3.63) is 22.4 Å². The molecule has 0 bridgehead atoms. The third-order valence-electron chi connectivity index (χ3n) is 3.66. The molecule has 2 N–H and O–H groups in total. The second-order valence-electron chi connectivity index (χ2n) is 5.76. The van der Waals surface area contributed by atoms with Crippen molar-refractivity contribution in [3.8, 4) is 11.8 Å². The quantitative estimate of drug-likeness (QED) is 0.579. The number of carbonyl (C=O) groups excluding carboxylic acids is 2. The van der Waals surface area contributed by atoms with Crippen LogP contribution in [-0.4, -0.2) is 50.8 Å². The summed E-state index contributed by atoms with van der Waals surface area (Å²) in [6, 6.07) is -0.174. The highest BCUT2D eigenvalue weighted by Gasteiger charge is 2.38. The Kier molecular flexibility index (Phi) is 7.15. The lowest BCUT2D eigenvalue weighted by atomic mass is 10.1. The Hall–Kier alpha value is -3.00. The Morgan fingerprint density at radius 3 is 2.20 bits per heavy atom. The molecule has 0 fully saturated rings. The standard InChI is InChI=1S/C16H19FN4O7S2/c1-8(17)14(28-9(2)22)10-6-29-7-11(10)30(24,25)21(15(18)23)16-19-12(26-3)5-13(20-16)27-4/h5-8,14H,1-4H3,(H2,18,23). The highest BCUT2D eigenvalue weighted by molar-refractivity contribution is 7.93. The average molecular weight is 462 g/mol. The third kappa shape index (κ3) is 4.76. The summed E-state index contributed by atoms with van der Waals surface area (Å²) >= 11 is 0.899. The van der Waals surface area contributed by atoms with E-state index in [1.807, 2.05) is 0 Å². The van der Waals surface area contributed by atoms with Gasteiger partial charge in [-0.2, -0.15) is 21.3 Å². The van der Waals surface area contributed by atoms with Gasteiger partial charge in [0.2, 0.25) is 11.8 Å². The summed E-state index contributed by atoms with van der Waals surface area (Å²) in [7, 11) is -2.21. The highest BCUT2D eigenvalue weighted by Crippen LogP contribution is 2.35. The van der Waals surface area contributed by atoms with E-state index in [1.165, 1.54) is 25.7 Å². The van der Waals surface area contributed by atoms with Crippen molar-refractivity contribution in [1.82, 2.24) is 9.97 Å². The first-order valence-corrected chi connectivity index (χ1v) is 10.6. The van der Waals surface area contributed by atoms with E-state index in [4.69, 9.17) is 19.9 Å². The van der Waals surface area contributed by atoms with Gasteiger partial charge in [0.1, 0.15) is 11.1 Å². The Balaban J connectivity index is 2.66. The normalized spacial score (nSPS) is 13.2.